The molecule has 0 spiro atoms. The minimum Gasteiger partial charge on any atom is -0.396 e. The summed E-state index contributed by atoms with van der Waals surface area (Å²) in [6.07, 6.45) is 1.84. The summed E-state index contributed by atoms with van der Waals surface area (Å²) in [5, 5.41) is 1.69. The molecule has 1 heterocycles. The Labute approximate surface area is 69.0 Å². The lowest BCUT2D eigenvalue weighted by Gasteiger charge is -1.97. The van der Waals surface area contributed by atoms with Gasteiger partial charge in [-0.25, -0.2) is 0 Å². The van der Waals surface area contributed by atoms with Crippen LogP contribution in [0.25, 0.3) is 10.9 Å². The summed E-state index contributed by atoms with van der Waals surface area (Å²) in [7, 11) is 0. The van der Waals surface area contributed by atoms with Gasteiger partial charge in [0.1, 0.15) is 0 Å². The highest BCUT2D eigenvalue weighted by atomic mass is 35.5. The number of hydrogen-bond donors (Lipinski definition) is 2. The van der Waals surface area contributed by atoms with Gasteiger partial charge in [-0.3, -0.25) is 0 Å². The second-order valence-electron chi connectivity index (χ2n) is 2.40. The maximum atomic E-state index is 5.80. The third-order valence-electron chi connectivity index (χ3n) is 1.72. The molecule has 0 aliphatic rings. The number of H-pyrrole nitrogens is 1. The molecule has 2 aromatic rings. The van der Waals surface area contributed by atoms with E-state index < -0.39 is 0 Å². The summed E-state index contributed by atoms with van der Waals surface area (Å²) in [6, 6.07) is 5.69. The Morgan fingerprint density at radius 1 is 1.27 bits per heavy atom. The van der Waals surface area contributed by atoms with Gasteiger partial charge in [0.15, 0.2) is 0 Å². The summed E-state index contributed by atoms with van der Waals surface area (Å²) in [6.45, 7) is 0. The molecule has 11 heavy (non-hydrogen) atoms. The fraction of sp³-hybridized carbons (Fsp3) is 0. The van der Waals surface area contributed by atoms with Crippen molar-refractivity contribution in [2.75, 3.05) is 5.73 Å². The van der Waals surface area contributed by atoms with Crippen LogP contribution in [0.2, 0.25) is 5.02 Å². The van der Waals surface area contributed by atoms with E-state index in [2.05, 4.69) is 4.98 Å². The Balaban J connectivity index is 2.93. The Morgan fingerprint density at radius 3 is 2.91 bits per heavy atom. The zero-order valence-electron chi connectivity index (χ0n) is 5.76. The topological polar surface area (TPSA) is 41.8 Å². The molecule has 0 aliphatic carbocycles. The van der Waals surface area contributed by atoms with E-state index in [1.165, 1.54) is 0 Å². The van der Waals surface area contributed by atoms with E-state index in [0.717, 1.165) is 10.9 Å². The van der Waals surface area contributed by atoms with E-state index in [0.29, 0.717) is 10.7 Å². The molecule has 0 saturated heterocycles. The highest BCUT2D eigenvalue weighted by Gasteiger charge is 2.01. The molecule has 56 valence electrons. The number of rotatable bonds is 0. The molecular weight excluding hydrogens is 160 g/mol. The monoisotopic (exact) mass is 166 g/mol. The summed E-state index contributed by atoms with van der Waals surface area (Å²) in [4.78, 5) is 3.02. The van der Waals surface area contributed by atoms with Crippen molar-refractivity contribution in [3.63, 3.8) is 0 Å². The van der Waals surface area contributed by atoms with Gasteiger partial charge in [0.2, 0.25) is 0 Å². The molecule has 0 fully saturated rings. The van der Waals surface area contributed by atoms with Crippen LogP contribution >= 0.6 is 11.6 Å². The third kappa shape index (κ3) is 0.870. The number of nitrogens with one attached hydrogen (secondary N) is 1. The number of fused-ring (bicyclic) bond motifs is 1. The summed E-state index contributed by atoms with van der Waals surface area (Å²) in [5.74, 6) is 0. The number of hydrogen-bond acceptors (Lipinski definition) is 1. The molecule has 2 rings (SSSR count). The smallest absolute Gasteiger partial charge is 0.0748 e. The number of nitrogen functional groups attached to an aromatic ring is 1. The van der Waals surface area contributed by atoms with Crippen molar-refractivity contribution in [2.45, 2.75) is 0 Å². The fourth-order valence-electron chi connectivity index (χ4n) is 1.13. The van der Waals surface area contributed by atoms with Crippen molar-refractivity contribution in [3.05, 3.63) is 29.4 Å². The SMILES string of the molecule is Nc1c(Cl)ccc2cc[nH]c12. The van der Waals surface area contributed by atoms with Gasteiger partial charge in [0.25, 0.3) is 0 Å². The van der Waals surface area contributed by atoms with Crippen molar-refractivity contribution in [3.8, 4) is 0 Å². The van der Waals surface area contributed by atoms with Crippen LogP contribution in [0.1, 0.15) is 0 Å². The molecule has 0 atom stereocenters. The van der Waals surface area contributed by atoms with Gasteiger partial charge < -0.3 is 10.7 Å². The van der Waals surface area contributed by atoms with E-state index in [1.54, 1.807) is 6.07 Å². The Bertz CT molecular complexity index is 392. The van der Waals surface area contributed by atoms with E-state index in [-0.39, 0.29) is 0 Å². The zero-order valence-corrected chi connectivity index (χ0v) is 6.52. The summed E-state index contributed by atoms with van der Waals surface area (Å²) < 4.78 is 0. The molecule has 0 bridgehead atoms. The van der Waals surface area contributed by atoms with Crippen LogP contribution < -0.4 is 5.73 Å². The van der Waals surface area contributed by atoms with Gasteiger partial charge in [-0.1, -0.05) is 17.7 Å². The normalized spacial score (nSPS) is 10.6. The van der Waals surface area contributed by atoms with Gasteiger partial charge in [0, 0.05) is 11.6 Å². The van der Waals surface area contributed by atoms with E-state index in [1.807, 2.05) is 18.3 Å². The number of halogens is 1. The molecule has 0 radical (unpaired) electrons. The molecule has 1 aromatic carbocycles. The van der Waals surface area contributed by atoms with Crippen molar-refractivity contribution in [1.82, 2.24) is 4.98 Å². The number of nitrogens with two attached hydrogens (primary N) is 1. The molecule has 0 unspecified atom stereocenters. The van der Waals surface area contributed by atoms with Crippen LogP contribution in [0.5, 0.6) is 0 Å². The molecule has 0 amide bonds. The molecule has 1 aromatic heterocycles. The highest BCUT2D eigenvalue weighted by Crippen LogP contribution is 2.26. The number of aromatic nitrogens is 1. The predicted molar refractivity (Wildman–Crippen MR) is 47.7 cm³/mol. The standard InChI is InChI=1S/C8H7ClN2/c9-6-2-1-5-3-4-11-8(5)7(6)10/h1-4,11H,10H2. The summed E-state index contributed by atoms with van der Waals surface area (Å²) in [5.41, 5.74) is 7.23. The lowest BCUT2D eigenvalue weighted by atomic mass is 10.2. The van der Waals surface area contributed by atoms with E-state index >= 15 is 0 Å². The Morgan fingerprint density at radius 2 is 2.09 bits per heavy atom. The first-order valence-electron chi connectivity index (χ1n) is 3.30. The average Bonchev–Trinajstić information content (AvgIpc) is 2.45. The minimum absolute atomic E-state index is 0.597. The Hall–Kier alpha value is -1.15. The first kappa shape index (κ1) is 6.55. The van der Waals surface area contributed by atoms with Gasteiger partial charge in [-0.2, -0.15) is 0 Å². The quantitative estimate of drug-likeness (QED) is 0.580. The van der Waals surface area contributed by atoms with Crippen molar-refractivity contribution >= 4 is 28.2 Å². The van der Waals surface area contributed by atoms with Gasteiger partial charge in [0.05, 0.1) is 16.2 Å². The molecule has 0 saturated carbocycles. The molecule has 0 aliphatic heterocycles. The van der Waals surface area contributed by atoms with E-state index in [4.69, 9.17) is 17.3 Å². The van der Waals surface area contributed by atoms with Crippen molar-refractivity contribution in [2.24, 2.45) is 0 Å². The van der Waals surface area contributed by atoms with Crippen molar-refractivity contribution in [1.29, 1.82) is 0 Å². The van der Waals surface area contributed by atoms with Gasteiger partial charge >= 0.3 is 0 Å². The van der Waals surface area contributed by atoms with E-state index in [9.17, 15) is 0 Å². The largest absolute Gasteiger partial charge is 0.396 e. The van der Waals surface area contributed by atoms with Gasteiger partial charge in [-0.15, -0.1) is 0 Å². The van der Waals surface area contributed by atoms with Crippen molar-refractivity contribution < 1.29 is 0 Å². The fourth-order valence-corrected chi connectivity index (χ4v) is 1.28. The molecular formula is C8H7ClN2. The maximum absolute atomic E-state index is 5.80. The van der Waals surface area contributed by atoms with Gasteiger partial charge in [-0.05, 0) is 12.1 Å². The minimum atomic E-state index is 0.597. The zero-order chi connectivity index (χ0) is 7.84. The van der Waals surface area contributed by atoms with Crippen LogP contribution in [-0.4, -0.2) is 4.98 Å². The van der Waals surface area contributed by atoms with Crippen LogP contribution in [-0.2, 0) is 0 Å². The number of benzene rings is 1. The number of aromatic amines is 1. The highest BCUT2D eigenvalue weighted by molar-refractivity contribution is 6.34. The number of anilines is 1. The second kappa shape index (κ2) is 2.17. The lowest BCUT2D eigenvalue weighted by molar-refractivity contribution is 1.48. The predicted octanol–water partition coefficient (Wildman–Crippen LogP) is 2.40. The molecule has 3 heteroatoms. The first-order chi connectivity index (χ1) is 5.29. The average molecular weight is 167 g/mol. The third-order valence-corrected chi connectivity index (χ3v) is 2.04. The molecule has 3 N–H and O–H groups in total. The second-order valence-corrected chi connectivity index (χ2v) is 2.81. The van der Waals surface area contributed by atoms with Crippen LogP contribution in [0.4, 0.5) is 5.69 Å². The maximum Gasteiger partial charge on any atom is 0.0748 e. The Kier molecular flexibility index (Phi) is 1.29. The first-order valence-corrected chi connectivity index (χ1v) is 3.68. The lowest BCUT2D eigenvalue weighted by Crippen LogP contribution is -1.86. The van der Waals surface area contributed by atoms with Crippen LogP contribution in [0, 0.1) is 0 Å². The van der Waals surface area contributed by atoms with Crippen LogP contribution in [0.15, 0.2) is 24.4 Å². The summed E-state index contributed by atoms with van der Waals surface area (Å²) >= 11 is 5.80. The molecule has 2 nitrogen and oxygen atoms in total. The van der Waals surface area contributed by atoms with Crippen LogP contribution in [0.3, 0.4) is 0 Å².